The molecule has 3 nitrogen and oxygen atoms in total. The fourth-order valence-electron chi connectivity index (χ4n) is 1.57. The van der Waals surface area contributed by atoms with Crippen LogP contribution in [0.1, 0.15) is 19.8 Å². The highest BCUT2D eigenvalue weighted by Crippen LogP contribution is 2.19. The van der Waals surface area contributed by atoms with Crippen molar-refractivity contribution in [3.63, 3.8) is 0 Å². The molecule has 0 aromatic carbocycles. The van der Waals surface area contributed by atoms with Gasteiger partial charge in [0, 0.05) is 18.6 Å². The van der Waals surface area contributed by atoms with Gasteiger partial charge in [-0.2, -0.15) is 13.2 Å². The van der Waals surface area contributed by atoms with Crippen LogP contribution in [0.2, 0.25) is 0 Å². The van der Waals surface area contributed by atoms with Crippen LogP contribution in [-0.4, -0.2) is 31.3 Å². The molecule has 0 aliphatic carbocycles. The molecule has 15 heavy (non-hydrogen) atoms. The molecular weight excluding hydrogens is 211 g/mol. The second kappa shape index (κ2) is 4.83. The Labute approximate surface area is 86.0 Å². The van der Waals surface area contributed by atoms with Crippen LogP contribution in [0, 0.1) is 5.92 Å². The lowest BCUT2D eigenvalue weighted by Gasteiger charge is -2.28. The molecule has 88 valence electrons. The van der Waals surface area contributed by atoms with Crippen LogP contribution in [0.3, 0.4) is 0 Å². The fraction of sp³-hybridized carbons (Fsp3) is 0.889. The van der Waals surface area contributed by atoms with E-state index in [4.69, 9.17) is 4.74 Å². The highest BCUT2D eigenvalue weighted by atomic mass is 19.4. The van der Waals surface area contributed by atoms with Crippen molar-refractivity contribution >= 4 is 5.91 Å². The maximum atomic E-state index is 11.9. The number of hydrogen-bond donors (Lipinski definition) is 1. The van der Waals surface area contributed by atoms with Gasteiger partial charge in [0.2, 0.25) is 0 Å². The molecular formula is C9H14F3NO2. The first-order chi connectivity index (χ1) is 6.91. The van der Waals surface area contributed by atoms with Crippen LogP contribution >= 0.6 is 0 Å². The van der Waals surface area contributed by atoms with Crippen LogP contribution in [-0.2, 0) is 9.53 Å². The molecule has 1 rings (SSSR count). The molecule has 2 unspecified atom stereocenters. The molecule has 0 aromatic heterocycles. The lowest BCUT2D eigenvalue weighted by atomic mass is 9.95. The molecule has 1 aliphatic heterocycles. The van der Waals surface area contributed by atoms with Gasteiger partial charge in [-0.3, -0.25) is 4.79 Å². The van der Waals surface area contributed by atoms with E-state index < -0.39 is 18.1 Å². The van der Waals surface area contributed by atoms with Gasteiger partial charge < -0.3 is 10.1 Å². The van der Waals surface area contributed by atoms with Gasteiger partial charge in [-0.15, -0.1) is 0 Å². The summed E-state index contributed by atoms with van der Waals surface area (Å²) < 4.78 is 40.9. The van der Waals surface area contributed by atoms with Gasteiger partial charge in [-0.25, -0.2) is 0 Å². The van der Waals surface area contributed by atoms with Gasteiger partial charge in [0.15, 0.2) is 0 Å². The average molecular weight is 225 g/mol. The Kier molecular flexibility index (Phi) is 3.96. The van der Waals surface area contributed by atoms with Crippen molar-refractivity contribution in [2.24, 2.45) is 5.92 Å². The minimum atomic E-state index is -4.80. The molecule has 0 aromatic rings. The molecule has 6 heteroatoms. The fourth-order valence-corrected chi connectivity index (χ4v) is 1.57. The Morgan fingerprint density at radius 2 is 2.20 bits per heavy atom. The lowest BCUT2D eigenvalue weighted by molar-refractivity contribution is -0.174. The topological polar surface area (TPSA) is 38.3 Å². The van der Waals surface area contributed by atoms with Crippen molar-refractivity contribution in [1.82, 2.24) is 5.32 Å². The monoisotopic (exact) mass is 225 g/mol. The van der Waals surface area contributed by atoms with Crippen molar-refractivity contribution in [1.29, 1.82) is 0 Å². The largest absolute Gasteiger partial charge is 0.471 e. The quantitative estimate of drug-likeness (QED) is 0.773. The molecule has 1 N–H and O–H groups in total. The summed E-state index contributed by atoms with van der Waals surface area (Å²) in [6.07, 6.45) is -3.18. The number of amides is 1. The average Bonchev–Trinajstić information content (AvgIpc) is 2.17. The molecule has 2 atom stereocenters. The number of alkyl halides is 3. The SMILES string of the molecule is CC(NC(=O)C(F)(F)F)C1CCCOC1. The number of halogens is 3. The Morgan fingerprint density at radius 3 is 2.67 bits per heavy atom. The van der Waals surface area contributed by atoms with Crippen LogP contribution in [0.25, 0.3) is 0 Å². The van der Waals surface area contributed by atoms with E-state index >= 15 is 0 Å². The first-order valence-electron chi connectivity index (χ1n) is 4.86. The van der Waals surface area contributed by atoms with Gasteiger partial charge in [0.1, 0.15) is 0 Å². The maximum Gasteiger partial charge on any atom is 0.471 e. The highest BCUT2D eigenvalue weighted by molar-refractivity contribution is 5.81. The first kappa shape index (κ1) is 12.3. The molecule has 1 heterocycles. The lowest BCUT2D eigenvalue weighted by Crippen LogP contribution is -2.46. The van der Waals surface area contributed by atoms with E-state index in [0.29, 0.717) is 13.2 Å². The van der Waals surface area contributed by atoms with E-state index in [1.807, 2.05) is 5.32 Å². The van der Waals surface area contributed by atoms with Gasteiger partial charge in [0.25, 0.3) is 0 Å². The molecule has 1 fully saturated rings. The molecule has 1 aliphatic rings. The molecule has 1 saturated heterocycles. The highest BCUT2D eigenvalue weighted by Gasteiger charge is 2.40. The minimum Gasteiger partial charge on any atom is -0.381 e. The zero-order chi connectivity index (χ0) is 11.5. The van der Waals surface area contributed by atoms with Crippen LogP contribution in [0.15, 0.2) is 0 Å². The zero-order valence-corrected chi connectivity index (χ0v) is 8.43. The van der Waals surface area contributed by atoms with E-state index in [0.717, 1.165) is 12.8 Å². The van der Waals surface area contributed by atoms with E-state index in [9.17, 15) is 18.0 Å². The minimum absolute atomic E-state index is 0.0231. The normalized spacial score (nSPS) is 24.7. The molecule has 0 radical (unpaired) electrons. The molecule has 1 amide bonds. The predicted octanol–water partition coefficient (Wildman–Crippen LogP) is 1.48. The van der Waals surface area contributed by atoms with Crippen molar-refractivity contribution in [3.8, 4) is 0 Å². The van der Waals surface area contributed by atoms with Gasteiger partial charge >= 0.3 is 12.1 Å². The summed E-state index contributed by atoms with van der Waals surface area (Å²) in [6.45, 7) is 2.64. The summed E-state index contributed by atoms with van der Waals surface area (Å²) in [5.74, 6) is -1.90. The standard InChI is InChI=1S/C9H14F3NO2/c1-6(7-3-2-4-15-5-7)13-8(14)9(10,11)12/h6-7H,2-5H2,1H3,(H,13,14). The number of nitrogens with one attached hydrogen (secondary N) is 1. The summed E-state index contributed by atoms with van der Waals surface area (Å²) in [5, 5.41) is 1.95. The summed E-state index contributed by atoms with van der Waals surface area (Å²) >= 11 is 0. The van der Waals surface area contributed by atoms with Crippen molar-refractivity contribution < 1.29 is 22.7 Å². The van der Waals surface area contributed by atoms with Gasteiger partial charge in [0.05, 0.1) is 6.61 Å². The van der Waals surface area contributed by atoms with Crippen LogP contribution < -0.4 is 5.32 Å². The van der Waals surface area contributed by atoms with E-state index in [-0.39, 0.29) is 5.92 Å². The Balaban J connectivity index is 2.40. The zero-order valence-electron chi connectivity index (χ0n) is 8.43. The number of carbonyl (C=O) groups is 1. The van der Waals surface area contributed by atoms with Crippen molar-refractivity contribution in [3.05, 3.63) is 0 Å². The Morgan fingerprint density at radius 1 is 1.53 bits per heavy atom. The van der Waals surface area contributed by atoms with E-state index in [1.165, 1.54) is 0 Å². The first-order valence-corrected chi connectivity index (χ1v) is 4.86. The van der Waals surface area contributed by atoms with Crippen molar-refractivity contribution in [2.45, 2.75) is 32.0 Å². The summed E-state index contributed by atoms with van der Waals surface area (Å²) in [4.78, 5) is 10.6. The Hall–Kier alpha value is -0.780. The second-order valence-corrected chi connectivity index (χ2v) is 3.74. The smallest absolute Gasteiger partial charge is 0.381 e. The number of ether oxygens (including phenoxy) is 1. The number of carbonyl (C=O) groups excluding carboxylic acids is 1. The Bertz CT molecular complexity index is 224. The van der Waals surface area contributed by atoms with Crippen molar-refractivity contribution in [2.75, 3.05) is 13.2 Å². The third-order valence-electron chi connectivity index (χ3n) is 2.52. The molecule has 0 saturated carbocycles. The van der Waals surface area contributed by atoms with E-state index in [1.54, 1.807) is 6.92 Å². The molecule has 0 bridgehead atoms. The summed E-state index contributed by atoms with van der Waals surface area (Å²) in [5.41, 5.74) is 0. The molecule has 0 spiro atoms. The summed E-state index contributed by atoms with van der Waals surface area (Å²) in [6, 6.07) is -0.501. The maximum absolute atomic E-state index is 11.9. The van der Waals surface area contributed by atoms with E-state index in [2.05, 4.69) is 0 Å². The number of hydrogen-bond acceptors (Lipinski definition) is 2. The summed E-state index contributed by atoms with van der Waals surface area (Å²) in [7, 11) is 0. The third kappa shape index (κ3) is 3.70. The number of rotatable bonds is 2. The third-order valence-corrected chi connectivity index (χ3v) is 2.52. The van der Waals surface area contributed by atoms with Crippen LogP contribution in [0.4, 0.5) is 13.2 Å². The predicted molar refractivity (Wildman–Crippen MR) is 47.2 cm³/mol. The van der Waals surface area contributed by atoms with Gasteiger partial charge in [-0.05, 0) is 19.8 Å². The second-order valence-electron chi connectivity index (χ2n) is 3.74. The van der Waals surface area contributed by atoms with Gasteiger partial charge in [-0.1, -0.05) is 0 Å². The van der Waals surface area contributed by atoms with Crippen LogP contribution in [0.5, 0.6) is 0 Å².